The van der Waals surface area contributed by atoms with Crippen molar-refractivity contribution in [1.82, 2.24) is 19.8 Å². The highest BCUT2D eigenvalue weighted by Crippen LogP contribution is 2.41. The van der Waals surface area contributed by atoms with E-state index in [2.05, 4.69) is 52.1 Å². The van der Waals surface area contributed by atoms with Crippen LogP contribution in [0.3, 0.4) is 0 Å². The maximum absolute atomic E-state index is 12.2. The van der Waals surface area contributed by atoms with E-state index in [-0.39, 0.29) is 18.0 Å². The molecule has 4 atom stereocenters. The third-order valence-corrected chi connectivity index (χ3v) is 10.2. The summed E-state index contributed by atoms with van der Waals surface area (Å²) in [5, 5.41) is 22.3. The molecule has 2 aromatic carbocycles. The van der Waals surface area contributed by atoms with E-state index >= 15 is 0 Å². The lowest BCUT2D eigenvalue weighted by Crippen LogP contribution is -2.57. The molecule has 5 heterocycles. The highest BCUT2D eigenvalue weighted by Gasteiger charge is 2.49. The van der Waals surface area contributed by atoms with Crippen LogP contribution in [-0.4, -0.2) is 88.9 Å². The fourth-order valence-corrected chi connectivity index (χ4v) is 7.98. The molecule has 1 amide bonds. The van der Waals surface area contributed by atoms with Gasteiger partial charge in [-0.3, -0.25) is 4.90 Å². The molecule has 10 nitrogen and oxygen atoms in total. The Labute approximate surface area is 256 Å². The Hall–Kier alpha value is -3.81. The predicted molar refractivity (Wildman–Crippen MR) is 165 cm³/mol. The van der Waals surface area contributed by atoms with E-state index in [1.165, 1.54) is 0 Å². The molecule has 0 radical (unpaired) electrons. The number of piperazine rings is 1. The maximum Gasteiger partial charge on any atom is 0.407 e. The number of amides is 1. The Balaban J connectivity index is 1.24. The van der Waals surface area contributed by atoms with E-state index < -0.39 is 6.09 Å². The average molecular weight is 602 g/mol. The summed E-state index contributed by atoms with van der Waals surface area (Å²) in [6, 6.07) is 14.8. The first-order valence-corrected chi connectivity index (χ1v) is 15.6. The van der Waals surface area contributed by atoms with E-state index in [1.54, 1.807) is 4.90 Å². The van der Waals surface area contributed by atoms with Crippen LogP contribution >= 0.6 is 11.6 Å². The van der Waals surface area contributed by atoms with Gasteiger partial charge in [-0.15, -0.1) is 0 Å². The summed E-state index contributed by atoms with van der Waals surface area (Å²) < 4.78 is 6.30. The number of hydrogen-bond acceptors (Lipinski definition) is 8. The van der Waals surface area contributed by atoms with Crippen molar-refractivity contribution in [2.24, 2.45) is 5.92 Å². The average Bonchev–Trinajstić information content (AvgIpc) is 3.52. The van der Waals surface area contributed by atoms with Gasteiger partial charge in [-0.1, -0.05) is 35.9 Å². The number of aromatic nitrogens is 2. The second-order valence-electron chi connectivity index (χ2n) is 12.3. The van der Waals surface area contributed by atoms with E-state index in [4.69, 9.17) is 26.3 Å². The number of fused-ring (bicyclic) bond motifs is 4. The summed E-state index contributed by atoms with van der Waals surface area (Å²) in [5.74, 6) is 0.863. The monoisotopic (exact) mass is 601 g/mol. The molecule has 0 saturated carbocycles. The molecule has 3 saturated heterocycles. The standard InChI is InChI=1S/C32H36ClN7O3/c1-37-13-4-7-22(37)19-43-31-35-26-17-38(27-9-3-6-20-5-2-8-25(33)29(20)27)14-11-24(26)30(36-31)39-16-23-15-21(10-12-34)28(18-39)40(23)32(41)42/h2-3,5-6,8-9,21-23,28H,4,7,10-11,13-19H2,1H3,(H,41,42)/t21-,22+,23-,28-/m1/s1. The van der Waals surface area contributed by atoms with Crippen LogP contribution < -0.4 is 14.5 Å². The molecule has 7 rings (SSSR count). The van der Waals surface area contributed by atoms with Crippen LogP contribution in [0.4, 0.5) is 16.3 Å². The van der Waals surface area contributed by atoms with Gasteiger partial charge in [-0.25, -0.2) is 4.79 Å². The molecule has 1 aromatic heterocycles. The first-order chi connectivity index (χ1) is 20.9. The Morgan fingerprint density at radius 1 is 1.16 bits per heavy atom. The van der Waals surface area contributed by atoms with Gasteiger partial charge in [0.05, 0.1) is 35.4 Å². The zero-order valence-electron chi connectivity index (χ0n) is 24.3. The van der Waals surface area contributed by atoms with Gasteiger partial charge < -0.3 is 24.5 Å². The summed E-state index contributed by atoms with van der Waals surface area (Å²) in [6.45, 7) is 4.01. The normalized spacial score (nSPS) is 25.2. The number of likely N-dealkylation sites (N-methyl/N-ethyl adjacent to an activating group) is 1. The lowest BCUT2D eigenvalue weighted by molar-refractivity contribution is 0.110. The van der Waals surface area contributed by atoms with E-state index in [0.29, 0.717) is 51.1 Å². The summed E-state index contributed by atoms with van der Waals surface area (Å²) >= 11 is 6.70. The maximum atomic E-state index is 12.2. The summed E-state index contributed by atoms with van der Waals surface area (Å²) in [6.07, 6.45) is 3.13. The number of likely N-dealkylation sites (tertiary alicyclic amines) is 1. The highest BCUT2D eigenvalue weighted by atomic mass is 35.5. The Morgan fingerprint density at radius 2 is 2.00 bits per heavy atom. The SMILES string of the molecule is CN1CCC[C@H]1COc1nc2c(c(N3C[C@H]4C[C@@H](CC#N)[C@@H](C3)N4C(=O)O)n1)CCN(c1cccc3cccc(Cl)c13)C2. The molecular formula is C32H36ClN7O3. The molecule has 2 bridgehead atoms. The molecule has 3 fully saturated rings. The van der Waals surface area contributed by atoms with Crippen molar-refractivity contribution in [2.75, 3.05) is 49.6 Å². The summed E-state index contributed by atoms with van der Waals surface area (Å²) in [7, 11) is 2.13. The molecule has 0 spiro atoms. The van der Waals surface area contributed by atoms with Crippen molar-refractivity contribution in [3.63, 3.8) is 0 Å². The number of ether oxygens (including phenoxy) is 1. The number of anilines is 2. The molecule has 0 aliphatic carbocycles. The van der Waals surface area contributed by atoms with Gasteiger partial charge in [0, 0.05) is 48.7 Å². The van der Waals surface area contributed by atoms with Gasteiger partial charge in [0.15, 0.2) is 0 Å². The van der Waals surface area contributed by atoms with E-state index in [9.17, 15) is 15.2 Å². The minimum absolute atomic E-state index is 0.0222. The smallest absolute Gasteiger partial charge is 0.407 e. The minimum Gasteiger partial charge on any atom is -0.465 e. The predicted octanol–water partition coefficient (Wildman–Crippen LogP) is 4.79. The number of nitriles is 1. The van der Waals surface area contributed by atoms with Crippen LogP contribution in [0.2, 0.25) is 5.02 Å². The van der Waals surface area contributed by atoms with E-state index in [1.807, 2.05) is 12.1 Å². The third kappa shape index (κ3) is 5.08. The number of rotatable bonds is 6. The van der Waals surface area contributed by atoms with Crippen molar-refractivity contribution in [3.05, 3.63) is 52.7 Å². The number of benzene rings is 2. The van der Waals surface area contributed by atoms with Gasteiger partial charge in [-0.05, 0) is 62.7 Å². The molecule has 11 heteroatoms. The molecule has 0 unspecified atom stereocenters. The van der Waals surface area contributed by atoms with Gasteiger partial charge in [0.2, 0.25) is 0 Å². The zero-order chi connectivity index (χ0) is 29.7. The summed E-state index contributed by atoms with van der Waals surface area (Å²) in [5.41, 5.74) is 3.10. The molecule has 4 aliphatic rings. The van der Waals surface area contributed by atoms with Crippen LogP contribution in [0, 0.1) is 17.2 Å². The fraction of sp³-hybridized carbons (Fsp3) is 0.500. The minimum atomic E-state index is -0.908. The molecule has 1 N–H and O–H groups in total. The fourth-order valence-electron chi connectivity index (χ4n) is 7.70. The van der Waals surface area contributed by atoms with Crippen LogP contribution in [0.1, 0.15) is 36.9 Å². The van der Waals surface area contributed by atoms with Crippen molar-refractivity contribution < 1.29 is 14.6 Å². The number of halogens is 1. The van der Waals surface area contributed by atoms with Crippen LogP contribution in [0.15, 0.2) is 36.4 Å². The Bertz CT molecular complexity index is 1590. The number of nitrogens with zero attached hydrogens (tertiary/aromatic N) is 7. The van der Waals surface area contributed by atoms with Crippen molar-refractivity contribution in [2.45, 2.75) is 56.8 Å². The van der Waals surface area contributed by atoms with Crippen LogP contribution in [0.5, 0.6) is 6.01 Å². The lowest BCUT2D eigenvalue weighted by Gasteiger charge is -2.42. The quantitative estimate of drug-likeness (QED) is 0.426. The molecule has 4 aliphatic heterocycles. The van der Waals surface area contributed by atoms with Crippen LogP contribution in [0.25, 0.3) is 10.8 Å². The lowest BCUT2D eigenvalue weighted by atomic mass is 9.97. The van der Waals surface area contributed by atoms with Gasteiger partial charge in [0.25, 0.3) is 0 Å². The van der Waals surface area contributed by atoms with Crippen molar-refractivity contribution in [1.29, 1.82) is 5.26 Å². The van der Waals surface area contributed by atoms with Crippen molar-refractivity contribution in [3.8, 4) is 12.1 Å². The Kier molecular flexibility index (Phi) is 7.39. The second kappa shape index (κ2) is 11.4. The van der Waals surface area contributed by atoms with Crippen LogP contribution in [-0.2, 0) is 13.0 Å². The van der Waals surface area contributed by atoms with Gasteiger partial charge in [0.1, 0.15) is 12.4 Å². The number of hydrogen-bond donors (Lipinski definition) is 1. The third-order valence-electron chi connectivity index (χ3n) is 9.85. The first kappa shape index (κ1) is 28.0. The second-order valence-corrected chi connectivity index (χ2v) is 12.7. The molecule has 224 valence electrons. The topological polar surface area (TPSA) is 109 Å². The summed E-state index contributed by atoms with van der Waals surface area (Å²) in [4.78, 5) is 30.6. The number of carbonyl (C=O) groups is 1. The number of carboxylic acid groups (broad SMARTS) is 1. The van der Waals surface area contributed by atoms with E-state index in [0.717, 1.165) is 70.9 Å². The van der Waals surface area contributed by atoms with Crippen molar-refractivity contribution >= 4 is 40.0 Å². The zero-order valence-corrected chi connectivity index (χ0v) is 25.1. The highest BCUT2D eigenvalue weighted by molar-refractivity contribution is 6.36. The van der Waals surface area contributed by atoms with Gasteiger partial charge >= 0.3 is 12.1 Å². The molecule has 43 heavy (non-hydrogen) atoms. The van der Waals surface area contributed by atoms with Gasteiger partial charge in [-0.2, -0.15) is 15.2 Å². The first-order valence-electron chi connectivity index (χ1n) is 15.2. The Morgan fingerprint density at radius 3 is 2.77 bits per heavy atom. The largest absolute Gasteiger partial charge is 0.465 e. The molecule has 3 aromatic rings. The molecular weight excluding hydrogens is 566 g/mol.